The Morgan fingerprint density at radius 3 is 2.76 bits per heavy atom. The Kier molecular flexibility index (Phi) is 6.40. The van der Waals surface area contributed by atoms with E-state index in [1.165, 1.54) is 29.1 Å². The summed E-state index contributed by atoms with van der Waals surface area (Å²) in [4.78, 5) is 25.6. The highest BCUT2D eigenvalue weighted by Crippen LogP contribution is 2.36. The Balaban J connectivity index is 2.24. The third kappa shape index (κ3) is 4.94. The molecule has 2 N–H and O–H groups in total. The van der Waals surface area contributed by atoms with Crippen molar-refractivity contribution in [3.8, 4) is 0 Å². The molecular formula is C15H18ClN5O3S. The zero-order chi connectivity index (χ0) is 18.6. The lowest BCUT2D eigenvalue weighted by molar-refractivity contribution is -0.385. The van der Waals surface area contributed by atoms with Crippen LogP contribution in [0.3, 0.4) is 0 Å². The second-order valence-electron chi connectivity index (χ2n) is 5.59. The Morgan fingerprint density at radius 1 is 1.40 bits per heavy atom. The summed E-state index contributed by atoms with van der Waals surface area (Å²) in [6, 6.07) is 4.12. The van der Waals surface area contributed by atoms with Crippen molar-refractivity contribution in [2.75, 3.05) is 26.4 Å². The molecular weight excluding hydrogens is 366 g/mol. The molecule has 1 aromatic carbocycles. The smallest absolute Gasteiger partial charge is 0.286 e. The summed E-state index contributed by atoms with van der Waals surface area (Å²) in [6.07, 6.45) is 2.24. The van der Waals surface area contributed by atoms with Gasteiger partial charge >= 0.3 is 0 Å². The first-order valence-electron chi connectivity index (χ1n) is 7.41. The quantitative estimate of drug-likeness (QED) is 0.444. The fourth-order valence-electron chi connectivity index (χ4n) is 2.06. The van der Waals surface area contributed by atoms with Crippen molar-refractivity contribution < 1.29 is 4.92 Å². The first-order chi connectivity index (χ1) is 11.8. The molecule has 8 nitrogen and oxygen atoms in total. The van der Waals surface area contributed by atoms with E-state index in [1.807, 2.05) is 19.0 Å². The van der Waals surface area contributed by atoms with Crippen molar-refractivity contribution in [2.45, 2.75) is 22.8 Å². The number of non-ortho nitro benzene ring substituents is 1. The van der Waals surface area contributed by atoms with Gasteiger partial charge in [0, 0.05) is 29.3 Å². The van der Waals surface area contributed by atoms with Crippen molar-refractivity contribution in [2.24, 2.45) is 0 Å². The van der Waals surface area contributed by atoms with Crippen LogP contribution in [0, 0.1) is 10.1 Å². The van der Waals surface area contributed by atoms with Gasteiger partial charge in [-0.1, -0.05) is 23.4 Å². The summed E-state index contributed by atoms with van der Waals surface area (Å²) in [5, 5.41) is 15.0. The van der Waals surface area contributed by atoms with E-state index < -0.39 is 10.5 Å². The molecule has 0 aliphatic heterocycles. The Hall–Kier alpha value is -2.10. The summed E-state index contributed by atoms with van der Waals surface area (Å²) in [6.45, 7) is 1.28. The number of hydrogen-bond acceptors (Lipinski definition) is 7. The minimum atomic E-state index is -0.508. The van der Waals surface area contributed by atoms with E-state index in [-0.39, 0.29) is 10.7 Å². The Morgan fingerprint density at radius 2 is 2.12 bits per heavy atom. The van der Waals surface area contributed by atoms with E-state index in [4.69, 9.17) is 17.3 Å². The molecule has 25 heavy (non-hydrogen) atoms. The van der Waals surface area contributed by atoms with Crippen molar-refractivity contribution in [3.05, 3.63) is 49.9 Å². The number of rotatable bonds is 7. The zero-order valence-corrected chi connectivity index (χ0v) is 15.4. The van der Waals surface area contributed by atoms with E-state index in [0.29, 0.717) is 22.0 Å². The van der Waals surface area contributed by atoms with Gasteiger partial charge in [0.05, 0.1) is 16.0 Å². The molecule has 0 saturated carbocycles. The van der Waals surface area contributed by atoms with Crippen LogP contribution in [0.1, 0.15) is 6.42 Å². The fourth-order valence-corrected chi connectivity index (χ4v) is 3.20. The molecule has 10 heteroatoms. The molecule has 134 valence electrons. The zero-order valence-electron chi connectivity index (χ0n) is 13.8. The normalized spacial score (nSPS) is 11.0. The molecule has 0 atom stereocenters. The maximum absolute atomic E-state index is 12.3. The van der Waals surface area contributed by atoms with Gasteiger partial charge in [0.2, 0.25) is 0 Å². The number of nitro benzene ring substituents is 1. The van der Waals surface area contributed by atoms with E-state index in [0.717, 1.165) is 24.7 Å². The van der Waals surface area contributed by atoms with Crippen LogP contribution in [0.5, 0.6) is 0 Å². The molecule has 1 heterocycles. The van der Waals surface area contributed by atoms with E-state index in [1.54, 1.807) is 0 Å². The third-order valence-electron chi connectivity index (χ3n) is 3.36. The van der Waals surface area contributed by atoms with E-state index >= 15 is 0 Å². The number of hydrogen-bond donors (Lipinski definition) is 1. The molecule has 1 aromatic heterocycles. The lowest BCUT2D eigenvalue weighted by atomic mass is 10.3. The predicted molar refractivity (Wildman–Crippen MR) is 98.3 cm³/mol. The van der Waals surface area contributed by atoms with Crippen LogP contribution < -0.4 is 11.3 Å². The van der Waals surface area contributed by atoms with Crippen molar-refractivity contribution in [1.82, 2.24) is 14.7 Å². The number of aryl methyl sites for hydroxylation is 1. The molecule has 2 aromatic rings. The average Bonchev–Trinajstić information content (AvgIpc) is 2.55. The van der Waals surface area contributed by atoms with Gasteiger partial charge in [-0.2, -0.15) is 5.10 Å². The maximum Gasteiger partial charge on any atom is 0.286 e. The third-order valence-corrected chi connectivity index (χ3v) is 4.94. The monoisotopic (exact) mass is 383 g/mol. The lowest BCUT2D eigenvalue weighted by Crippen LogP contribution is -2.25. The highest BCUT2D eigenvalue weighted by Gasteiger charge is 2.15. The number of nitro groups is 1. The minimum absolute atomic E-state index is 0.0239. The van der Waals surface area contributed by atoms with Crippen LogP contribution in [-0.2, 0) is 6.54 Å². The summed E-state index contributed by atoms with van der Waals surface area (Å²) in [5.41, 5.74) is 5.74. The van der Waals surface area contributed by atoms with Gasteiger partial charge in [-0.15, -0.1) is 0 Å². The Bertz CT molecular complexity index is 840. The molecule has 0 aliphatic carbocycles. The van der Waals surface area contributed by atoms with Gasteiger partial charge in [0.25, 0.3) is 11.2 Å². The van der Waals surface area contributed by atoms with Gasteiger partial charge in [-0.3, -0.25) is 14.9 Å². The van der Waals surface area contributed by atoms with Crippen molar-refractivity contribution in [3.63, 3.8) is 0 Å². The SMILES string of the molecule is CN(C)CCCn1ncc(Sc2cc([N+](=O)[O-])ccc2N)c(Cl)c1=O. The predicted octanol–water partition coefficient (Wildman–Crippen LogP) is 2.49. The highest BCUT2D eigenvalue weighted by atomic mass is 35.5. The molecule has 0 radical (unpaired) electrons. The van der Waals surface area contributed by atoms with Gasteiger partial charge in [-0.25, -0.2) is 4.68 Å². The molecule has 2 rings (SSSR count). The first kappa shape index (κ1) is 19.2. The standard InChI is InChI=1S/C15H18ClN5O3S/c1-19(2)6-3-7-20-15(22)14(16)13(9-18-20)25-12-8-10(21(23)24)4-5-11(12)17/h4-5,8-9H,3,6-7,17H2,1-2H3. The topological polar surface area (TPSA) is 107 Å². The number of anilines is 1. The number of halogens is 1. The molecule has 0 fully saturated rings. The number of benzene rings is 1. The number of nitrogen functional groups attached to an aromatic ring is 1. The van der Waals surface area contributed by atoms with Crippen molar-refractivity contribution >= 4 is 34.7 Å². The van der Waals surface area contributed by atoms with Crippen LogP contribution in [0.4, 0.5) is 11.4 Å². The molecule has 0 amide bonds. The van der Waals surface area contributed by atoms with Gasteiger partial charge in [0.15, 0.2) is 0 Å². The summed E-state index contributed by atoms with van der Waals surface area (Å²) in [5.74, 6) is 0. The molecule has 0 spiro atoms. The van der Waals surface area contributed by atoms with Crippen molar-refractivity contribution in [1.29, 1.82) is 0 Å². The van der Waals surface area contributed by atoms with Crippen LogP contribution in [0.2, 0.25) is 5.02 Å². The largest absolute Gasteiger partial charge is 0.398 e. The maximum atomic E-state index is 12.3. The van der Waals surface area contributed by atoms with Gasteiger partial charge in [0.1, 0.15) is 5.02 Å². The highest BCUT2D eigenvalue weighted by molar-refractivity contribution is 7.99. The van der Waals surface area contributed by atoms with Gasteiger partial charge < -0.3 is 10.6 Å². The fraction of sp³-hybridized carbons (Fsp3) is 0.333. The lowest BCUT2D eigenvalue weighted by Gasteiger charge is -2.11. The Labute approximate surface area is 153 Å². The number of aromatic nitrogens is 2. The second-order valence-corrected chi connectivity index (χ2v) is 7.05. The second kappa shape index (κ2) is 8.32. The van der Waals surface area contributed by atoms with E-state index in [9.17, 15) is 14.9 Å². The summed E-state index contributed by atoms with van der Waals surface area (Å²) in [7, 11) is 3.90. The van der Waals surface area contributed by atoms with Gasteiger partial charge in [-0.05, 0) is 33.1 Å². The number of nitrogens with two attached hydrogens (primary N) is 1. The van der Waals surface area contributed by atoms with Crippen LogP contribution in [0.15, 0.2) is 39.0 Å². The molecule has 0 bridgehead atoms. The molecule has 0 aliphatic rings. The van der Waals surface area contributed by atoms with Crippen LogP contribution in [0.25, 0.3) is 0 Å². The summed E-state index contributed by atoms with van der Waals surface area (Å²) >= 11 is 7.24. The minimum Gasteiger partial charge on any atom is -0.398 e. The average molecular weight is 384 g/mol. The van der Waals surface area contributed by atoms with Crippen LogP contribution in [-0.4, -0.2) is 40.2 Å². The van der Waals surface area contributed by atoms with Crippen LogP contribution >= 0.6 is 23.4 Å². The summed E-state index contributed by atoms with van der Waals surface area (Å²) < 4.78 is 1.31. The molecule has 0 unspecified atom stereocenters. The van der Waals surface area contributed by atoms with E-state index in [2.05, 4.69) is 5.10 Å². The first-order valence-corrected chi connectivity index (χ1v) is 8.61. The molecule has 0 saturated heterocycles. The number of nitrogens with zero attached hydrogens (tertiary/aromatic N) is 4.